The van der Waals surface area contributed by atoms with Gasteiger partial charge in [0.15, 0.2) is 0 Å². The second kappa shape index (κ2) is 6.84. The van der Waals surface area contributed by atoms with Crippen LogP contribution in [0.3, 0.4) is 0 Å². The molecule has 5 nitrogen and oxygen atoms in total. The maximum absolute atomic E-state index is 13.5. The van der Waals surface area contributed by atoms with E-state index in [1.807, 2.05) is 12.1 Å². The van der Waals surface area contributed by atoms with E-state index in [0.717, 1.165) is 5.56 Å². The minimum atomic E-state index is -0.325. The predicted octanol–water partition coefficient (Wildman–Crippen LogP) is 3.15. The van der Waals surface area contributed by atoms with Crippen LogP contribution >= 0.6 is 0 Å². The van der Waals surface area contributed by atoms with Gasteiger partial charge in [-0.15, -0.1) is 0 Å². The molecule has 2 aromatic heterocycles. The lowest BCUT2D eigenvalue weighted by molar-refractivity contribution is 0.399. The monoisotopic (exact) mass is 320 g/mol. The van der Waals surface area contributed by atoms with Crippen LogP contribution in [0.15, 0.2) is 48.8 Å². The van der Waals surface area contributed by atoms with Crippen LogP contribution in [-0.2, 0) is 6.42 Å². The van der Waals surface area contributed by atoms with Crippen molar-refractivity contribution in [2.45, 2.75) is 6.42 Å². The molecule has 118 valence electrons. The van der Waals surface area contributed by atoms with Crippen LogP contribution in [0.1, 0.15) is 17.1 Å². The van der Waals surface area contributed by atoms with Gasteiger partial charge in [-0.25, -0.2) is 19.3 Å². The molecule has 3 rings (SSSR count). The van der Waals surface area contributed by atoms with Gasteiger partial charge in [0.2, 0.25) is 11.7 Å². The lowest BCUT2D eigenvalue weighted by Gasteiger charge is -2.10. The second-order valence-corrected chi connectivity index (χ2v) is 5.07. The highest BCUT2D eigenvalue weighted by atomic mass is 19.1. The summed E-state index contributed by atoms with van der Waals surface area (Å²) in [7, 11) is 1.52. The fourth-order valence-electron chi connectivity index (χ4n) is 2.38. The fourth-order valence-corrected chi connectivity index (χ4v) is 2.38. The minimum absolute atomic E-state index is 0.124. The lowest BCUT2D eigenvalue weighted by Crippen LogP contribution is -1.99. The van der Waals surface area contributed by atoms with Gasteiger partial charge in [0.1, 0.15) is 11.9 Å². The van der Waals surface area contributed by atoms with Gasteiger partial charge in [-0.1, -0.05) is 12.1 Å². The first kappa shape index (κ1) is 15.6. The molecule has 3 aromatic rings. The number of nitrogens with zero attached hydrogens (tertiary/aromatic N) is 4. The van der Waals surface area contributed by atoms with Crippen molar-refractivity contribution in [3.63, 3.8) is 0 Å². The van der Waals surface area contributed by atoms with Crippen molar-refractivity contribution in [1.29, 1.82) is 5.26 Å². The Labute approximate surface area is 138 Å². The summed E-state index contributed by atoms with van der Waals surface area (Å²) in [5, 5.41) is 8.88. The summed E-state index contributed by atoms with van der Waals surface area (Å²) < 4.78 is 18.8. The van der Waals surface area contributed by atoms with Crippen molar-refractivity contribution < 1.29 is 9.13 Å². The number of aromatic nitrogens is 3. The predicted molar refractivity (Wildman–Crippen MR) is 85.7 cm³/mol. The summed E-state index contributed by atoms with van der Waals surface area (Å²) in [5.41, 5.74) is 2.96. The molecule has 24 heavy (non-hydrogen) atoms. The lowest BCUT2D eigenvalue weighted by atomic mass is 10.0. The molecular formula is C18H13FN4O. The SMILES string of the molecule is COc1ncc(Cc2ccnc(C#N)n2)cc1-c1cccc(F)c1. The molecule has 0 spiro atoms. The largest absolute Gasteiger partial charge is 0.481 e. The van der Waals surface area contributed by atoms with Crippen LogP contribution in [0.5, 0.6) is 5.88 Å². The molecule has 0 saturated carbocycles. The van der Waals surface area contributed by atoms with Crippen LogP contribution in [-0.4, -0.2) is 22.1 Å². The molecule has 0 saturated heterocycles. The van der Waals surface area contributed by atoms with E-state index in [4.69, 9.17) is 10.00 Å². The van der Waals surface area contributed by atoms with E-state index in [0.29, 0.717) is 29.1 Å². The van der Waals surface area contributed by atoms with E-state index < -0.39 is 0 Å². The van der Waals surface area contributed by atoms with Crippen molar-refractivity contribution in [2.75, 3.05) is 7.11 Å². The highest BCUT2D eigenvalue weighted by Gasteiger charge is 2.10. The van der Waals surface area contributed by atoms with Crippen LogP contribution in [0, 0.1) is 17.1 Å². The number of ether oxygens (including phenoxy) is 1. The number of methoxy groups -OCH3 is 1. The van der Waals surface area contributed by atoms with Gasteiger partial charge < -0.3 is 4.74 Å². The maximum Gasteiger partial charge on any atom is 0.232 e. The zero-order valence-corrected chi connectivity index (χ0v) is 12.9. The Kier molecular flexibility index (Phi) is 4.43. The van der Waals surface area contributed by atoms with Crippen molar-refractivity contribution in [1.82, 2.24) is 15.0 Å². The first-order chi connectivity index (χ1) is 11.7. The third kappa shape index (κ3) is 3.36. The Morgan fingerprint density at radius 2 is 2.08 bits per heavy atom. The van der Waals surface area contributed by atoms with E-state index in [9.17, 15) is 4.39 Å². The number of nitriles is 1. The molecule has 2 heterocycles. The molecule has 0 unspecified atom stereocenters. The van der Waals surface area contributed by atoms with E-state index in [2.05, 4.69) is 15.0 Å². The second-order valence-electron chi connectivity index (χ2n) is 5.07. The van der Waals surface area contributed by atoms with Gasteiger partial charge in [-0.3, -0.25) is 0 Å². The molecule has 1 aromatic carbocycles. The number of hydrogen-bond donors (Lipinski definition) is 0. The summed E-state index contributed by atoms with van der Waals surface area (Å²) in [5.74, 6) is 0.221. The minimum Gasteiger partial charge on any atom is -0.481 e. The van der Waals surface area contributed by atoms with Crippen LogP contribution in [0.25, 0.3) is 11.1 Å². The molecule has 0 amide bonds. The molecule has 0 aliphatic heterocycles. The Hall–Kier alpha value is -3.33. The Morgan fingerprint density at radius 3 is 2.83 bits per heavy atom. The number of rotatable bonds is 4. The van der Waals surface area contributed by atoms with Crippen LogP contribution in [0.4, 0.5) is 4.39 Å². The van der Waals surface area contributed by atoms with Gasteiger partial charge >= 0.3 is 0 Å². The van der Waals surface area contributed by atoms with Gasteiger partial charge in [0.05, 0.1) is 7.11 Å². The zero-order valence-electron chi connectivity index (χ0n) is 12.9. The average Bonchev–Trinajstić information content (AvgIpc) is 2.62. The summed E-state index contributed by atoms with van der Waals surface area (Å²) in [6.45, 7) is 0. The number of benzene rings is 1. The molecule has 0 aliphatic rings. The highest BCUT2D eigenvalue weighted by molar-refractivity contribution is 5.69. The molecule has 0 aliphatic carbocycles. The fraction of sp³-hybridized carbons (Fsp3) is 0.111. The summed E-state index contributed by atoms with van der Waals surface area (Å²) in [6, 6.07) is 11.8. The summed E-state index contributed by atoms with van der Waals surface area (Å²) in [4.78, 5) is 12.3. The quantitative estimate of drug-likeness (QED) is 0.738. The van der Waals surface area contributed by atoms with E-state index in [-0.39, 0.29) is 11.6 Å². The van der Waals surface area contributed by atoms with E-state index in [1.54, 1.807) is 30.6 Å². The zero-order chi connectivity index (χ0) is 16.9. The molecule has 0 atom stereocenters. The summed E-state index contributed by atoms with van der Waals surface area (Å²) in [6.07, 6.45) is 3.71. The van der Waals surface area contributed by atoms with Gasteiger partial charge in [0.25, 0.3) is 0 Å². The highest BCUT2D eigenvalue weighted by Crippen LogP contribution is 2.29. The summed E-state index contributed by atoms with van der Waals surface area (Å²) >= 11 is 0. The Balaban J connectivity index is 1.98. The molecular weight excluding hydrogens is 307 g/mol. The van der Waals surface area contributed by atoms with Gasteiger partial charge in [-0.2, -0.15) is 5.26 Å². The van der Waals surface area contributed by atoms with E-state index >= 15 is 0 Å². The van der Waals surface area contributed by atoms with Crippen LogP contribution < -0.4 is 4.74 Å². The topological polar surface area (TPSA) is 71.7 Å². The molecule has 0 radical (unpaired) electrons. The first-order valence-corrected chi connectivity index (χ1v) is 7.20. The molecule has 0 N–H and O–H groups in total. The van der Waals surface area contributed by atoms with E-state index in [1.165, 1.54) is 19.2 Å². The van der Waals surface area contributed by atoms with Crippen LogP contribution in [0.2, 0.25) is 0 Å². The first-order valence-electron chi connectivity index (χ1n) is 7.20. The third-order valence-electron chi connectivity index (χ3n) is 3.44. The normalized spacial score (nSPS) is 10.2. The third-order valence-corrected chi connectivity index (χ3v) is 3.44. The maximum atomic E-state index is 13.5. The number of halogens is 1. The molecule has 0 bridgehead atoms. The van der Waals surface area contributed by atoms with Crippen molar-refractivity contribution in [3.05, 3.63) is 71.7 Å². The Bertz CT molecular complexity index is 921. The van der Waals surface area contributed by atoms with Gasteiger partial charge in [0, 0.05) is 30.1 Å². The number of hydrogen-bond acceptors (Lipinski definition) is 5. The standard InChI is InChI=1S/C18H13FN4O/c1-24-18-16(13-3-2-4-14(19)9-13)8-12(11-22-18)7-15-5-6-21-17(10-20)23-15/h2-6,8-9,11H,7H2,1H3. The number of pyridine rings is 1. The smallest absolute Gasteiger partial charge is 0.232 e. The van der Waals surface area contributed by atoms with Gasteiger partial charge in [-0.05, 0) is 35.4 Å². The van der Waals surface area contributed by atoms with Crippen molar-refractivity contribution >= 4 is 0 Å². The Morgan fingerprint density at radius 1 is 1.21 bits per heavy atom. The van der Waals surface area contributed by atoms with Crippen molar-refractivity contribution in [3.8, 4) is 23.1 Å². The molecule has 6 heteroatoms. The average molecular weight is 320 g/mol. The molecule has 0 fully saturated rings. The van der Waals surface area contributed by atoms with Crippen molar-refractivity contribution in [2.24, 2.45) is 0 Å².